The minimum Gasteiger partial charge on any atom is -0.383 e. The molecule has 0 amide bonds. The summed E-state index contributed by atoms with van der Waals surface area (Å²) in [5, 5.41) is 18.9. The fourth-order valence-electron chi connectivity index (χ4n) is 3.27. The number of halogens is 1. The highest BCUT2D eigenvalue weighted by Gasteiger charge is 2.40. The lowest BCUT2D eigenvalue weighted by molar-refractivity contribution is -0.0315. The van der Waals surface area contributed by atoms with Crippen molar-refractivity contribution in [2.45, 2.75) is 51.6 Å². The van der Waals surface area contributed by atoms with Crippen LogP contribution in [0.15, 0.2) is 4.60 Å². The first kappa shape index (κ1) is 14.0. The molecule has 1 heterocycles. The molecule has 5 heteroatoms. The zero-order valence-corrected chi connectivity index (χ0v) is 12.9. The van der Waals surface area contributed by atoms with Crippen molar-refractivity contribution in [3.63, 3.8) is 0 Å². The first-order valence-electron chi connectivity index (χ1n) is 6.70. The third-order valence-corrected chi connectivity index (χ3v) is 4.39. The molecule has 4 nitrogen and oxygen atoms in total. The van der Waals surface area contributed by atoms with Crippen molar-refractivity contribution in [2.24, 2.45) is 18.9 Å². The van der Waals surface area contributed by atoms with Crippen LogP contribution in [0, 0.1) is 11.8 Å². The first-order chi connectivity index (χ1) is 8.42. The topological polar surface area (TPSA) is 50.9 Å². The van der Waals surface area contributed by atoms with Crippen molar-refractivity contribution in [1.82, 2.24) is 15.0 Å². The summed E-state index contributed by atoms with van der Waals surface area (Å²) >= 11 is 3.40. The van der Waals surface area contributed by atoms with E-state index in [0.717, 1.165) is 25.0 Å². The molecular weight excluding hydrogens is 294 g/mol. The zero-order chi connectivity index (χ0) is 13.3. The number of aryl methyl sites for hydroxylation is 1. The number of nitrogens with zero attached hydrogens (tertiary/aromatic N) is 3. The van der Waals surface area contributed by atoms with Gasteiger partial charge in [-0.3, -0.25) is 0 Å². The molecule has 0 bridgehead atoms. The first-order valence-corrected chi connectivity index (χ1v) is 7.49. The summed E-state index contributed by atoms with van der Waals surface area (Å²) in [5.41, 5.74) is 0.0606. The van der Waals surface area contributed by atoms with Gasteiger partial charge in [-0.1, -0.05) is 25.5 Å². The van der Waals surface area contributed by atoms with Crippen LogP contribution >= 0.6 is 15.9 Å². The molecule has 1 aromatic rings. The minimum atomic E-state index is -0.769. The average Bonchev–Trinajstić information content (AvgIpc) is 2.58. The van der Waals surface area contributed by atoms with Crippen molar-refractivity contribution >= 4 is 15.9 Å². The summed E-state index contributed by atoms with van der Waals surface area (Å²) in [6.07, 6.45) is 5.12. The summed E-state index contributed by atoms with van der Waals surface area (Å²) in [7, 11) is 1.84. The van der Waals surface area contributed by atoms with E-state index < -0.39 is 5.60 Å². The van der Waals surface area contributed by atoms with Gasteiger partial charge in [0.05, 0.1) is 0 Å². The van der Waals surface area contributed by atoms with Gasteiger partial charge in [-0.15, -0.1) is 5.10 Å². The van der Waals surface area contributed by atoms with Gasteiger partial charge in [-0.05, 0) is 53.4 Å². The normalized spacial score (nSPS) is 28.9. The zero-order valence-electron chi connectivity index (χ0n) is 11.4. The molecule has 2 atom stereocenters. The highest BCUT2D eigenvalue weighted by atomic mass is 79.9. The molecule has 0 aliphatic heterocycles. The number of rotatable bonds is 3. The van der Waals surface area contributed by atoms with E-state index >= 15 is 0 Å². The molecule has 2 unspecified atom stereocenters. The van der Waals surface area contributed by atoms with Gasteiger partial charge in [-0.2, -0.15) is 0 Å². The third-order valence-electron chi connectivity index (χ3n) is 3.86. The molecule has 0 spiro atoms. The largest absolute Gasteiger partial charge is 0.383 e. The molecule has 0 aromatic carbocycles. The van der Waals surface area contributed by atoms with E-state index in [4.69, 9.17) is 0 Å². The Labute approximate surface area is 117 Å². The van der Waals surface area contributed by atoms with Crippen LogP contribution in [0.1, 0.15) is 51.6 Å². The molecule has 1 saturated carbocycles. The van der Waals surface area contributed by atoms with Crippen molar-refractivity contribution in [2.75, 3.05) is 0 Å². The highest BCUT2D eigenvalue weighted by Crippen LogP contribution is 2.43. The number of aromatic nitrogens is 3. The Balaban J connectivity index is 2.20. The number of hydrogen-bond donors (Lipinski definition) is 1. The molecule has 1 fully saturated rings. The lowest BCUT2D eigenvalue weighted by Crippen LogP contribution is -2.35. The maximum atomic E-state index is 10.9. The maximum Gasteiger partial charge on any atom is 0.154 e. The fraction of sp³-hybridized carbons (Fsp3) is 0.846. The predicted molar refractivity (Wildman–Crippen MR) is 74.0 cm³/mol. The summed E-state index contributed by atoms with van der Waals surface area (Å²) in [6.45, 7) is 4.49. The smallest absolute Gasteiger partial charge is 0.154 e. The van der Waals surface area contributed by atoms with Crippen LogP contribution in [0.3, 0.4) is 0 Å². The standard InChI is InChI=1S/C13H22BrN3O/c1-9(2)7-10-5-4-6-13(18,8-10)11-12(14)15-16-17(11)3/h9-10,18H,4-8H2,1-3H3. The van der Waals surface area contributed by atoms with Crippen LogP contribution in [0.25, 0.3) is 0 Å². The summed E-state index contributed by atoms with van der Waals surface area (Å²) in [4.78, 5) is 0. The predicted octanol–water partition coefficient (Wildman–Crippen LogP) is 3.00. The Bertz CT molecular complexity index is 399. The van der Waals surface area contributed by atoms with Crippen molar-refractivity contribution in [3.05, 3.63) is 10.3 Å². The molecule has 0 radical (unpaired) electrons. The summed E-state index contributed by atoms with van der Waals surface area (Å²) in [6, 6.07) is 0. The van der Waals surface area contributed by atoms with E-state index in [1.54, 1.807) is 4.68 Å². The van der Waals surface area contributed by atoms with Crippen LogP contribution in [-0.4, -0.2) is 20.1 Å². The second kappa shape index (κ2) is 5.29. The monoisotopic (exact) mass is 315 g/mol. The summed E-state index contributed by atoms with van der Waals surface area (Å²) < 4.78 is 2.37. The highest BCUT2D eigenvalue weighted by molar-refractivity contribution is 9.10. The Kier molecular flexibility index (Phi) is 4.11. The van der Waals surface area contributed by atoms with Gasteiger partial charge < -0.3 is 5.11 Å². The lowest BCUT2D eigenvalue weighted by Gasteiger charge is -2.37. The Morgan fingerprint density at radius 2 is 2.28 bits per heavy atom. The maximum absolute atomic E-state index is 10.9. The Morgan fingerprint density at radius 3 is 2.83 bits per heavy atom. The molecule has 1 aliphatic carbocycles. The van der Waals surface area contributed by atoms with Gasteiger partial charge in [0.1, 0.15) is 11.3 Å². The lowest BCUT2D eigenvalue weighted by atomic mass is 9.74. The van der Waals surface area contributed by atoms with Crippen LogP contribution in [0.4, 0.5) is 0 Å². The third kappa shape index (κ3) is 2.77. The number of hydrogen-bond acceptors (Lipinski definition) is 3. The van der Waals surface area contributed by atoms with Crippen molar-refractivity contribution in [1.29, 1.82) is 0 Å². The van der Waals surface area contributed by atoms with E-state index in [1.807, 2.05) is 7.05 Å². The van der Waals surface area contributed by atoms with E-state index in [9.17, 15) is 5.11 Å². The van der Waals surface area contributed by atoms with Gasteiger partial charge in [-0.25, -0.2) is 4.68 Å². The molecule has 2 rings (SSSR count). The Morgan fingerprint density at radius 1 is 1.56 bits per heavy atom. The molecular formula is C13H22BrN3O. The van der Waals surface area contributed by atoms with Gasteiger partial charge >= 0.3 is 0 Å². The average molecular weight is 316 g/mol. The second-order valence-electron chi connectivity index (χ2n) is 5.98. The van der Waals surface area contributed by atoms with Crippen LogP contribution in [0.5, 0.6) is 0 Å². The summed E-state index contributed by atoms with van der Waals surface area (Å²) in [5.74, 6) is 1.29. The second-order valence-corrected chi connectivity index (χ2v) is 6.73. The molecule has 1 aliphatic rings. The number of aliphatic hydroxyl groups is 1. The molecule has 102 valence electrons. The molecule has 1 aromatic heterocycles. The van der Waals surface area contributed by atoms with Crippen LogP contribution in [-0.2, 0) is 12.6 Å². The van der Waals surface area contributed by atoms with Gasteiger partial charge in [0.15, 0.2) is 4.60 Å². The Hall–Kier alpha value is -0.420. The van der Waals surface area contributed by atoms with Crippen LogP contribution in [0.2, 0.25) is 0 Å². The van der Waals surface area contributed by atoms with E-state index in [1.165, 1.54) is 12.8 Å². The van der Waals surface area contributed by atoms with Gasteiger partial charge in [0, 0.05) is 7.05 Å². The van der Waals surface area contributed by atoms with Gasteiger partial charge in [0.25, 0.3) is 0 Å². The van der Waals surface area contributed by atoms with Crippen molar-refractivity contribution < 1.29 is 5.11 Å². The van der Waals surface area contributed by atoms with Crippen molar-refractivity contribution in [3.8, 4) is 0 Å². The molecule has 18 heavy (non-hydrogen) atoms. The van der Waals surface area contributed by atoms with E-state index in [0.29, 0.717) is 16.4 Å². The van der Waals surface area contributed by atoms with Crippen LogP contribution < -0.4 is 0 Å². The molecule has 0 saturated heterocycles. The van der Waals surface area contributed by atoms with Gasteiger partial charge in [0.2, 0.25) is 0 Å². The van der Waals surface area contributed by atoms with E-state index in [2.05, 4.69) is 40.1 Å². The minimum absolute atomic E-state index is 0.602. The molecule has 1 N–H and O–H groups in total. The fourth-order valence-corrected chi connectivity index (χ4v) is 3.97. The van der Waals surface area contributed by atoms with E-state index in [-0.39, 0.29) is 0 Å². The quantitative estimate of drug-likeness (QED) is 0.932. The SMILES string of the molecule is CC(C)CC1CCCC(O)(c2c(Br)nnn2C)C1.